The Morgan fingerprint density at radius 2 is 2.00 bits per heavy atom. The Kier molecular flexibility index (Phi) is 2.12. The van der Waals surface area contributed by atoms with Crippen molar-refractivity contribution < 1.29 is 5.11 Å². The van der Waals surface area contributed by atoms with E-state index >= 15 is 0 Å². The first-order valence-corrected chi connectivity index (χ1v) is 6.82. The molecule has 0 aromatic heterocycles. The highest BCUT2D eigenvalue weighted by molar-refractivity contribution is 5.35. The van der Waals surface area contributed by atoms with Crippen molar-refractivity contribution in [1.82, 2.24) is 0 Å². The summed E-state index contributed by atoms with van der Waals surface area (Å²) in [6.07, 6.45) is 3.61. The smallest absolute Gasteiger partial charge is 0.0582 e. The summed E-state index contributed by atoms with van der Waals surface area (Å²) in [5, 5.41) is 10.3. The Morgan fingerprint density at radius 3 is 2.69 bits per heavy atom. The van der Waals surface area contributed by atoms with E-state index in [1.165, 1.54) is 12.8 Å². The van der Waals surface area contributed by atoms with Gasteiger partial charge < -0.3 is 5.11 Å². The maximum Gasteiger partial charge on any atom is 0.0582 e. The zero-order valence-electron chi connectivity index (χ0n) is 11.0. The fourth-order valence-electron chi connectivity index (χ4n) is 4.76. The summed E-state index contributed by atoms with van der Waals surface area (Å²) in [5.74, 6) is 2.71. The van der Waals surface area contributed by atoms with Crippen molar-refractivity contribution in [2.45, 2.75) is 53.1 Å². The lowest BCUT2D eigenvalue weighted by Crippen LogP contribution is -2.20. The minimum atomic E-state index is -0.0547. The summed E-state index contributed by atoms with van der Waals surface area (Å²) < 4.78 is 0. The molecule has 1 heteroatoms. The number of fused-ring (bicyclic) bond motifs is 3. The molecule has 1 N–H and O–H groups in total. The van der Waals surface area contributed by atoms with Crippen LogP contribution in [0.3, 0.4) is 0 Å². The average Bonchev–Trinajstić information content (AvgIpc) is 2.58. The average molecular weight is 220 g/mol. The van der Waals surface area contributed by atoms with Gasteiger partial charge in [0.15, 0.2) is 0 Å². The first-order chi connectivity index (χ1) is 7.44. The highest BCUT2D eigenvalue weighted by Gasteiger charge is 2.65. The first kappa shape index (κ1) is 10.8. The minimum Gasteiger partial charge on any atom is -0.393 e. The third-order valence-corrected chi connectivity index (χ3v) is 5.68. The van der Waals surface area contributed by atoms with Crippen LogP contribution in [0.25, 0.3) is 0 Å². The lowest BCUT2D eigenvalue weighted by Gasteiger charge is -2.24. The Balaban J connectivity index is 2.02. The lowest BCUT2D eigenvalue weighted by atomic mass is 9.82. The van der Waals surface area contributed by atoms with Gasteiger partial charge in [0.25, 0.3) is 0 Å². The molecule has 2 saturated carbocycles. The van der Waals surface area contributed by atoms with Gasteiger partial charge in [-0.1, -0.05) is 31.9 Å². The molecule has 0 saturated heterocycles. The van der Waals surface area contributed by atoms with E-state index in [2.05, 4.69) is 27.7 Å². The molecule has 5 unspecified atom stereocenters. The molecule has 0 aromatic carbocycles. The quantitative estimate of drug-likeness (QED) is 0.620. The van der Waals surface area contributed by atoms with Crippen LogP contribution in [-0.4, -0.2) is 11.2 Å². The molecule has 0 aliphatic heterocycles. The molecule has 1 nitrogen and oxygen atoms in total. The van der Waals surface area contributed by atoms with E-state index in [0.717, 1.165) is 12.3 Å². The number of hydrogen-bond acceptors (Lipinski definition) is 1. The highest BCUT2D eigenvalue weighted by Crippen LogP contribution is 2.69. The number of aliphatic hydroxyl groups is 1. The third-order valence-electron chi connectivity index (χ3n) is 5.68. The predicted octanol–water partition coefficient (Wildman–Crippen LogP) is 3.39. The largest absolute Gasteiger partial charge is 0.393 e. The number of rotatable bonds is 0. The summed E-state index contributed by atoms with van der Waals surface area (Å²) in [5.41, 5.74) is 3.75. The lowest BCUT2D eigenvalue weighted by molar-refractivity contribution is 0.106. The van der Waals surface area contributed by atoms with Gasteiger partial charge >= 0.3 is 0 Å². The Morgan fingerprint density at radius 1 is 1.31 bits per heavy atom. The summed E-state index contributed by atoms with van der Waals surface area (Å²) in [7, 11) is 0. The second kappa shape index (κ2) is 3.13. The van der Waals surface area contributed by atoms with Gasteiger partial charge in [-0.2, -0.15) is 0 Å². The number of hydrogen-bond donors (Lipinski definition) is 1. The maximum absolute atomic E-state index is 10.3. The van der Waals surface area contributed by atoms with Gasteiger partial charge in [-0.3, -0.25) is 0 Å². The van der Waals surface area contributed by atoms with E-state index in [1.807, 2.05) is 0 Å². The molecular formula is C15H24O. The molecule has 0 bridgehead atoms. The SMILES string of the molecule is CC1=C2C(CC1)C(C)CC(O)C1C2C1(C)C. The number of aliphatic hydroxyl groups excluding tert-OH is 1. The van der Waals surface area contributed by atoms with Crippen molar-refractivity contribution >= 4 is 0 Å². The van der Waals surface area contributed by atoms with Crippen molar-refractivity contribution in [3.63, 3.8) is 0 Å². The van der Waals surface area contributed by atoms with E-state index in [0.29, 0.717) is 23.2 Å². The van der Waals surface area contributed by atoms with Crippen molar-refractivity contribution in [3.8, 4) is 0 Å². The zero-order valence-corrected chi connectivity index (χ0v) is 11.0. The van der Waals surface area contributed by atoms with Crippen LogP contribution in [0.1, 0.15) is 47.0 Å². The van der Waals surface area contributed by atoms with Gasteiger partial charge in [0.1, 0.15) is 0 Å². The molecule has 16 heavy (non-hydrogen) atoms. The van der Waals surface area contributed by atoms with E-state index in [4.69, 9.17) is 0 Å². The molecule has 5 atom stereocenters. The summed E-state index contributed by atoms with van der Waals surface area (Å²) in [4.78, 5) is 0. The van der Waals surface area contributed by atoms with Crippen LogP contribution in [0.15, 0.2) is 11.1 Å². The molecule has 0 spiro atoms. The Labute approximate surface area is 98.9 Å². The van der Waals surface area contributed by atoms with Crippen molar-refractivity contribution in [3.05, 3.63) is 11.1 Å². The van der Waals surface area contributed by atoms with Crippen LogP contribution >= 0.6 is 0 Å². The molecule has 0 radical (unpaired) electrons. The van der Waals surface area contributed by atoms with Gasteiger partial charge in [0.2, 0.25) is 0 Å². The monoisotopic (exact) mass is 220 g/mol. The van der Waals surface area contributed by atoms with E-state index in [9.17, 15) is 5.11 Å². The topological polar surface area (TPSA) is 20.2 Å². The molecule has 3 aliphatic carbocycles. The van der Waals surface area contributed by atoms with Crippen molar-refractivity contribution in [2.75, 3.05) is 0 Å². The molecule has 3 rings (SSSR count). The van der Waals surface area contributed by atoms with Gasteiger partial charge in [0, 0.05) is 0 Å². The summed E-state index contributed by atoms with van der Waals surface area (Å²) >= 11 is 0. The van der Waals surface area contributed by atoms with Crippen LogP contribution in [0, 0.1) is 29.1 Å². The first-order valence-electron chi connectivity index (χ1n) is 6.82. The molecule has 0 amide bonds. The molecule has 3 aliphatic rings. The third kappa shape index (κ3) is 1.21. The van der Waals surface area contributed by atoms with Gasteiger partial charge in [-0.05, 0) is 55.3 Å². The van der Waals surface area contributed by atoms with E-state index in [1.54, 1.807) is 11.1 Å². The normalized spacial score (nSPS) is 49.7. The zero-order chi connectivity index (χ0) is 11.7. The van der Waals surface area contributed by atoms with Crippen LogP contribution in [0.4, 0.5) is 0 Å². The summed E-state index contributed by atoms with van der Waals surface area (Å²) in [6.45, 7) is 9.35. The Bertz CT molecular complexity index is 352. The van der Waals surface area contributed by atoms with Gasteiger partial charge in [-0.15, -0.1) is 0 Å². The second-order valence-electron chi connectivity index (χ2n) is 6.99. The van der Waals surface area contributed by atoms with Crippen LogP contribution in [0.2, 0.25) is 0 Å². The predicted molar refractivity (Wildman–Crippen MR) is 66.0 cm³/mol. The molecule has 0 aromatic rings. The standard InChI is InChI=1S/C15H24O/c1-8-5-6-10-9(2)7-11(16)13-14(12(8)10)15(13,3)4/h9-11,13-14,16H,5-7H2,1-4H3. The molecule has 0 heterocycles. The maximum atomic E-state index is 10.3. The van der Waals surface area contributed by atoms with Crippen LogP contribution in [-0.2, 0) is 0 Å². The van der Waals surface area contributed by atoms with Gasteiger partial charge in [-0.25, -0.2) is 0 Å². The van der Waals surface area contributed by atoms with Crippen molar-refractivity contribution in [1.29, 1.82) is 0 Å². The fraction of sp³-hybridized carbons (Fsp3) is 0.867. The summed E-state index contributed by atoms with van der Waals surface area (Å²) in [6, 6.07) is 0. The molecule has 90 valence electrons. The van der Waals surface area contributed by atoms with Crippen LogP contribution in [0.5, 0.6) is 0 Å². The second-order valence-corrected chi connectivity index (χ2v) is 6.99. The number of allylic oxidation sites excluding steroid dienone is 2. The van der Waals surface area contributed by atoms with E-state index in [-0.39, 0.29) is 6.10 Å². The minimum absolute atomic E-state index is 0.0547. The fourth-order valence-corrected chi connectivity index (χ4v) is 4.76. The van der Waals surface area contributed by atoms with Crippen molar-refractivity contribution in [2.24, 2.45) is 29.1 Å². The highest BCUT2D eigenvalue weighted by atomic mass is 16.3. The molecule has 2 fully saturated rings. The van der Waals surface area contributed by atoms with E-state index < -0.39 is 0 Å². The Hall–Kier alpha value is -0.300. The van der Waals surface area contributed by atoms with Gasteiger partial charge in [0.05, 0.1) is 6.10 Å². The molecular weight excluding hydrogens is 196 g/mol. The van der Waals surface area contributed by atoms with Crippen LogP contribution < -0.4 is 0 Å².